The van der Waals surface area contributed by atoms with Gasteiger partial charge in [0.25, 0.3) is 0 Å². The highest BCUT2D eigenvalue weighted by atomic mass is 16.7. The van der Waals surface area contributed by atoms with Crippen LogP contribution in [0.25, 0.3) is 10.8 Å². The molecule has 2 aromatic carbocycles. The minimum atomic E-state index is -1.37. The molecule has 0 unspecified atom stereocenters. The SMILES string of the molecule is O=C(O)C=CC=C1C(=O)C=CC12Oc1cccc3cccc(c13)O2. The molecule has 4 rings (SSSR count). The number of hydrogen-bond donors (Lipinski definition) is 1. The number of benzene rings is 2. The van der Waals surface area contributed by atoms with Crippen molar-refractivity contribution in [2.24, 2.45) is 0 Å². The normalized spacial score (nSPS) is 19.2. The summed E-state index contributed by atoms with van der Waals surface area (Å²) in [7, 11) is 0. The van der Waals surface area contributed by atoms with Crippen molar-refractivity contribution in [1.29, 1.82) is 0 Å². The van der Waals surface area contributed by atoms with Gasteiger partial charge in [-0.25, -0.2) is 4.79 Å². The number of ether oxygens (including phenoxy) is 2. The van der Waals surface area contributed by atoms with Gasteiger partial charge in [0.2, 0.25) is 0 Å². The van der Waals surface area contributed by atoms with Crippen molar-refractivity contribution >= 4 is 22.5 Å². The van der Waals surface area contributed by atoms with Crippen LogP contribution in [-0.2, 0) is 9.59 Å². The van der Waals surface area contributed by atoms with E-state index in [9.17, 15) is 9.59 Å². The van der Waals surface area contributed by atoms with Crippen LogP contribution in [0.15, 0.2) is 72.4 Å². The first kappa shape index (κ1) is 14.3. The van der Waals surface area contributed by atoms with Crippen LogP contribution in [0.2, 0.25) is 0 Å². The van der Waals surface area contributed by atoms with Gasteiger partial charge in [-0.3, -0.25) is 4.79 Å². The third kappa shape index (κ3) is 2.10. The Hall–Kier alpha value is -3.34. The molecule has 1 heterocycles. The zero-order valence-corrected chi connectivity index (χ0v) is 12.4. The van der Waals surface area contributed by atoms with Crippen LogP contribution in [0.4, 0.5) is 0 Å². The van der Waals surface area contributed by atoms with E-state index in [1.54, 1.807) is 6.08 Å². The van der Waals surface area contributed by atoms with E-state index in [4.69, 9.17) is 14.6 Å². The van der Waals surface area contributed by atoms with Crippen molar-refractivity contribution in [2.75, 3.05) is 0 Å². The Morgan fingerprint density at radius 3 is 2.38 bits per heavy atom. The molecule has 1 spiro atoms. The van der Waals surface area contributed by atoms with E-state index >= 15 is 0 Å². The summed E-state index contributed by atoms with van der Waals surface area (Å²) in [6.07, 6.45) is 6.56. The molecule has 0 radical (unpaired) electrons. The largest absolute Gasteiger partial charge is 0.478 e. The molecule has 2 aliphatic rings. The van der Waals surface area contributed by atoms with E-state index in [0.29, 0.717) is 11.5 Å². The van der Waals surface area contributed by atoms with Crippen LogP contribution < -0.4 is 9.47 Å². The number of ketones is 1. The van der Waals surface area contributed by atoms with Crippen molar-refractivity contribution in [2.45, 2.75) is 5.79 Å². The van der Waals surface area contributed by atoms with Gasteiger partial charge in [-0.15, -0.1) is 0 Å². The van der Waals surface area contributed by atoms with Crippen LogP contribution >= 0.6 is 0 Å². The minimum Gasteiger partial charge on any atom is -0.478 e. The molecule has 1 aliphatic carbocycles. The second kappa shape index (κ2) is 5.09. The number of carboxylic acid groups (broad SMARTS) is 1. The van der Waals surface area contributed by atoms with E-state index in [2.05, 4.69) is 0 Å². The first-order valence-electron chi connectivity index (χ1n) is 7.34. The third-order valence-corrected chi connectivity index (χ3v) is 3.95. The van der Waals surface area contributed by atoms with E-state index in [-0.39, 0.29) is 11.4 Å². The van der Waals surface area contributed by atoms with Crippen LogP contribution in [-0.4, -0.2) is 22.6 Å². The zero-order chi connectivity index (χ0) is 16.7. The number of carbonyl (C=O) groups excluding carboxylic acids is 1. The lowest BCUT2D eigenvalue weighted by molar-refractivity contribution is -0.131. The highest BCUT2D eigenvalue weighted by Crippen LogP contribution is 2.45. The Kier molecular flexibility index (Phi) is 3.03. The van der Waals surface area contributed by atoms with Gasteiger partial charge in [0.15, 0.2) is 5.78 Å². The molecule has 0 saturated carbocycles. The summed E-state index contributed by atoms with van der Waals surface area (Å²) >= 11 is 0. The molecule has 2 aromatic rings. The van der Waals surface area contributed by atoms with Crippen LogP contribution in [0.3, 0.4) is 0 Å². The topological polar surface area (TPSA) is 72.8 Å². The van der Waals surface area contributed by atoms with E-state index in [1.165, 1.54) is 18.2 Å². The summed E-state index contributed by atoms with van der Waals surface area (Å²) in [5.74, 6) is -1.53. The summed E-state index contributed by atoms with van der Waals surface area (Å²) in [6.45, 7) is 0. The van der Waals surface area contributed by atoms with Gasteiger partial charge in [-0.05, 0) is 29.7 Å². The Morgan fingerprint density at radius 2 is 1.75 bits per heavy atom. The molecule has 1 aliphatic heterocycles. The smallest absolute Gasteiger partial charge is 0.328 e. The molecule has 0 bridgehead atoms. The van der Waals surface area contributed by atoms with E-state index in [1.807, 2.05) is 36.4 Å². The van der Waals surface area contributed by atoms with Gasteiger partial charge in [0.05, 0.1) is 11.0 Å². The lowest BCUT2D eigenvalue weighted by Crippen LogP contribution is -2.43. The highest BCUT2D eigenvalue weighted by Gasteiger charge is 2.46. The second-order valence-corrected chi connectivity index (χ2v) is 5.46. The molecule has 0 amide bonds. The van der Waals surface area contributed by atoms with Gasteiger partial charge >= 0.3 is 11.8 Å². The van der Waals surface area contributed by atoms with Crippen LogP contribution in [0, 0.1) is 0 Å². The summed E-state index contributed by atoms with van der Waals surface area (Å²) < 4.78 is 12.0. The molecule has 118 valence electrons. The van der Waals surface area contributed by atoms with E-state index in [0.717, 1.165) is 16.8 Å². The Labute approximate surface area is 137 Å². The summed E-state index contributed by atoms with van der Waals surface area (Å²) in [5.41, 5.74) is 0.228. The Bertz CT molecular complexity index is 924. The highest BCUT2D eigenvalue weighted by molar-refractivity contribution is 6.09. The molecule has 0 fully saturated rings. The molecule has 0 saturated heterocycles. The first-order valence-corrected chi connectivity index (χ1v) is 7.34. The van der Waals surface area contributed by atoms with Crippen molar-refractivity contribution in [3.63, 3.8) is 0 Å². The van der Waals surface area contributed by atoms with E-state index < -0.39 is 11.8 Å². The fraction of sp³-hybridized carbons (Fsp3) is 0.0526. The first-order chi connectivity index (χ1) is 11.6. The predicted octanol–water partition coefficient (Wildman–Crippen LogP) is 3.01. The van der Waals surface area contributed by atoms with Crippen molar-refractivity contribution < 1.29 is 24.2 Å². The maximum atomic E-state index is 12.2. The third-order valence-electron chi connectivity index (χ3n) is 3.95. The molecular formula is C19H12O5. The molecule has 5 heteroatoms. The molecular weight excluding hydrogens is 308 g/mol. The maximum absolute atomic E-state index is 12.2. The number of carboxylic acids is 1. The summed E-state index contributed by atoms with van der Waals surface area (Å²) in [4.78, 5) is 22.8. The molecule has 0 atom stereocenters. The zero-order valence-electron chi connectivity index (χ0n) is 12.4. The minimum absolute atomic E-state index is 0.228. The lowest BCUT2D eigenvalue weighted by Gasteiger charge is -2.35. The standard InChI is InChI=1S/C19H12O5/c20-14-10-11-19(13(14)6-3-9-17(21)22)23-15-7-1-4-12-5-2-8-16(24-19)18(12)15/h1-11H,(H,21,22). The van der Waals surface area contributed by atoms with Crippen LogP contribution in [0.1, 0.15) is 0 Å². The number of aliphatic carboxylic acids is 1. The molecule has 1 N–H and O–H groups in total. The average Bonchev–Trinajstić information content (AvgIpc) is 2.84. The average molecular weight is 320 g/mol. The monoisotopic (exact) mass is 320 g/mol. The van der Waals surface area contributed by atoms with Gasteiger partial charge in [-0.2, -0.15) is 0 Å². The predicted molar refractivity (Wildman–Crippen MR) is 86.9 cm³/mol. The quantitative estimate of drug-likeness (QED) is 0.861. The number of hydrogen-bond acceptors (Lipinski definition) is 4. The maximum Gasteiger partial charge on any atom is 0.328 e. The van der Waals surface area contributed by atoms with Crippen molar-refractivity contribution in [3.8, 4) is 11.5 Å². The second-order valence-electron chi connectivity index (χ2n) is 5.46. The van der Waals surface area contributed by atoms with Crippen molar-refractivity contribution in [1.82, 2.24) is 0 Å². The number of allylic oxidation sites excluding steroid dienone is 3. The molecule has 24 heavy (non-hydrogen) atoms. The van der Waals surface area contributed by atoms with Crippen molar-refractivity contribution in [3.05, 3.63) is 72.4 Å². The fourth-order valence-electron chi connectivity index (χ4n) is 2.93. The number of rotatable bonds is 2. The lowest BCUT2D eigenvalue weighted by atomic mass is 10.0. The van der Waals surface area contributed by atoms with Gasteiger partial charge < -0.3 is 14.6 Å². The molecule has 5 nitrogen and oxygen atoms in total. The van der Waals surface area contributed by atoms with Crippen LogP contribution in [0.5, 0.6) is 11.5 Å². The Morgan fingerprint density at radius 1 is 1.08 bits per heavy atom. The van der Waals surface area contributed by atoms with Gasteiger partial charge in [-0.1, -0.05) is 30.3 Å². The number of carbonyl (C=O) groups is 2. The Balaban J connectivity index is 1.83. The fourth-order valence-corrected chi connectivity index (χ4v) is 2.93. The summed E-state index contributed by atoms with van der Waals surface area (Å²) in [6, 6.07) is 11.3. The van der Waals surface area contributed by atoms with Gasteiger partial charge in [0.1, 0.15) is 11.5 Å². The van der Waals surface area contributed by atoms with Gasteiger partial charge in [0, 0.05) is 12.2 Å². The summed E-state index contributed by atoms with van der Waals surface area (Å²) in [5, 5.41) is 10.5. The molecule has 0 aromatic heterocycles.